The Bertz CT molecular complexity index is 873. The molecule has 2 atom stereocenters. The number of nitrogens with zero attached hydrogens (tertiary/aromatic N) is 1. The SMILES string of the molecule is CC(C)(Oc1ccc(Cl)cc1)C(=O)N[C@@H](Cc1ccccc1)[C@H](O)CNCCN1CCOCC1. The van der Waals surface area contributed by atoms with Gasteiger partial charge in [-0.15, -0.1) is 0 Å². The molecule has 1 aliphatic rings. The van der Waals surface area contributed by atoms with Crippen LogP contribution in [0.4, 0.5) is 0 Å². The van der Waals surface area contributed by atoms with Crippen LogP contribution >= 0.6 is 11.6 Å². The van der Waals surface area contributed by atoms with Crippen LogP contribution in [0, 0.1) is 0 Å². The maximum Gasteiger partial charge on any atom is 0.263 e. The lowest BCUT2D eigenvalue weighted by Gasteiger charge is -2.31. The third-order valence-electron chi connectivity index (χ3n) is 5.87. The minimum Gasteiger partial charge on any atom is -0.478 e. The Morgan fingerprint density at radius 3 is 2.50 bits per heavy atom. The predicted octanol–water partition coefficient (Wildman–Crippen LogP) is 2.51. The average Bonchev–Trinajstić information content (AvgIpc) is 2.84. The predicted molar refractivity (Wildman–Crippen MR) is 134 cm³/mol. The number of aliphatic hydroxyl groups excluding tert-OH is 1. The fourth-order valence-electron chi connectivity index (χ4n) is 3.79. The molecule has 8 heteroatoms. The quantitative estimate of drug-likeness (QED) is 0.397. The molecule has 1 heterocycles. The van der Waals surface area contributed by atoms with Crippen LogP contribution in [0.5, 0.6) is 5.75 Å². The topological polar surface area (TPSA) is 83.1 Å². The Morgan fingerprint density at radius 1 is 1.15 bits per heavy atom. The molecule has 0 aliphatic carbocycles. The highest BCUT2D eigenvalue weighted by molar-refractivity contribution is 6.30. The van der Waals surface area contributed by atoms with Gasteiger partial charge in [-0.3, -0.25) is 9.69 Å². The van der Waals surface area contributed by atoms with Crippen LogP contribution in [0.2, 0.25) is 5.02 Å². The summed E-state index contributed by atoms with van der Waals surface area (Å²) >= 11 is 5.95. The highest BCUT2D eigenvalue weighted by Crippen LogP contribution is 2.21. The lowest BCUT2D eigenvalue weighted by atomic mass is 9.99. The van der Waals surface area contributed by atoms with Crippen LogP contribution in [0.3, 0.4) is 0 Å². The first kappa shape index (κ1) is 26.4. The number of aliphatic hydroxyl groups is 1. The monoisotopic (exact) mass is 489 g/mol. The number of rotatable bonds is 12. The summed E-state index contributed by atoms with van der Waals surface area (Å²) in [7, 11) is 0. The van der Waals surface area contributed by atoms with E-state index in [2.05, 4.69) is 15.5 Å². The molecular weight excluding hydrogens is 454 g/mol. The fourth-order valence-corrected chi connectivity index (χ4v) is 3.92. The van der Waals surface area contributed by atoms with Gasteiger partial charge in [-0.1, -0.05) is 41.9 Å². The van der Waals surface area contributed by atoms with E-state index in [1.807, 2.05) is 30.3 Å². The molecule has 0 spiro atoms. The summed E-state index contributed by atoms with van der Waals surface area (Å²) in [5.41, 5.74) is -0.0942. The molecule has 7 nitrogen and oxygen atoms in total. The molecule has 0 saturated carbocycles. The van der Waals surface area contributed by atoms with E-state index in [0.29, 0.717) is 23.7 Å². The molecule has 1 fully saturated rings. The largest absolute Gasteiger partial charge is 0.478 e. The van der Waals surface area contributed by atoms with Gasteiger partial charge in [0.05, 0.1) is 25.4 Å². The third kappa shape index (κ3) is 8.56. The van der Waals surface area contributed by atoms with Crippen molar-refractivity contribution in [1.29, 1.82) is 0 Å². The molecule has 3 rings (SSSR count). The molecule has 2 aromatic carbocycles. The summed E-state index contributed by atoms with van der Waals surface area (Å²) in [5, 5.41) is 17.9. The smallest absolute Gasteiger partial charge is 0.263 e. The Kier molecular flexibility index (Phi) is 10.2. The van der Waals surface area contributed by atoms with Gasteiger partial charge in [0, 0.05) is 37.7 Å². The van der Waals surface area contributed by atoms with Crippen molar-refractivity contribution in [2.45, 2.75) is 38.0 Å². The Balaban J connectivity index is 1.58. The summed E-state index contributed by atoms with van der Waals surface area (Å²) in [6, 6.07) is 16.3. The van der Waals surface area contributed by atoms with Gasteiger partial charge in [0.15, 0.2) is 5.60 Å². The van der Waals surface area contributed by atoms with Gasteiger partial charge in [0.1, 0.15) is 5.75 Å². The average molecular weight is 490 g/mol. The molecular formula is C26H36ClN3O4. The number of amides is 1. The summed E-state index contributed by atoms with van der Waals surface area (Å²) in [5.74, 6) is 0.255. The van der Waals surface area contributed by atoms with E-state index in [1.165, 1.54) is 0 Å². The second-order valence-corrected chi connectivity index (χ2v) is 9.50. The first-order valence-corrected chi connectivity index (χ1v) is 12.2. The van der Waals surface area contributed by atoms with Crippen LogP contribution in [0.25, 0.3) is 0 Å². The molecule has 1 amide bonds. The highest BCUT2D eigenvalue weighted by Gasteiger charge is 2.33. The van der Waals surface area contributed by atoms with Crippen LogP contribution in [0.15, 0.2) is 54.6 Å². The second-order valence-electron chi connectivity index (χ2n) is 9.06. The zero-order valence-electron chi connectivity index (χ0n) is 20.0. The van der Waals surface area contributed by atoms with E-state index in [0.717, 1.165) is 45.0 Å². The normalized spacial score (nSPS) is 16.6. The summed E-state index contributed by atoms with van der Waals surface area (Å²) in [6.07, 6.45) is -0.254. The molecule has 0 bridgehead atoms. The Morgan fingerprint density at radius 2 is 1.82 bits per heavy atom. The number of benzene rings is 2. The van der Waals surface area contributed by atoms with Crippen molar-refractivity contribution in [2.24, 2.45) is 0 Å². The van der Waals surface area contributed by atoms with Gasteiger partial charge in [0.25, 0.3) is 5.91 Å². The number of halogens is 1. The molecule has 186 valence electrons. The van der Waals surface area contributed by atoms with E-state index >= 15 is 0 Å². The van der Waals surface area contributed by atoms with Crippen LogP contribution in [0.1, 0.15) is 19.4 Å². The summed E-state index contributed by atoms with van der Waals surface area (Å²) < 4.78 is 11.3. The molecule has 0 aromatic heterocycles. The van der Waals surface area contributed by atoms with Crippen molar-refractivity contribution in [1.82, 2.24) is 15.5 Å². The first-order valence-electron chi connectivity index (χ1n) is 11.8. The molecule has 1 aliphatic heterocycles. The van der Waals surface area contributed by atoms with Gasteiger partial charge in [-0.2, -0.15) is 0 Å². The highest BCUT2D eigenvalue weighted by atomic mass is 35.5. The maximum absolute atomic E-state index is 13.2. The van der Waals surface area contributed by atoms with Crippen molar-refractivity contribution in [3.63, 3.8) is 0 Å². The van der Waals surface area contributed by atoms with Crippen molar-refractivity contribution in [3.05, 3.63) is 65.2 Å². The van der Waals surface area contributed by atoms with Crippen LogP contribution < -0.4 is 15.4 Å². The third-order valence-corrected chi connectivity index (χ3v) is 6.13. The van der Waals surface area contributed by atoms with E-state index in [1.54, 1.807) is 38.1 Å². The fraction of sp³-hybridized carbons (Fsp3) is 0.500. The number of hydrogen-bond acceptors (Lipinski definition) is 6. The van der Waals surface area contributed by atoms with Crippen molar-refractivity contribution >= 4 is 17.5 Å². The Hall–Kier alpha value is -2.16. The molecule has 1 saturated heterocycles. The lowest BCUT2D eigenvalue weighted by Crippen LogP contribution is -2.55. The molecule has 0 unspecified atom stereocenters. The van der Waals surface area contributed by atoms with Crippen molar-refractivity contribution in [3.8, 4) is 5.75 Å². The number of morpholine rings is 1. The second kappa shape index (κ2) is 13.1. The lowest BCUT2D eigenvalue weighted by molar-refractivity contribution is -0.135. The molecule has 34 heavy (non-hydrogen) atoms. The van der Waals surface area contributed by atoms with Gasteiger partial charge in [-0.05, 0) is 50.1 Å². The number of carbonyl (C=O) groups excluding carboxylic acids is 1. The molecule has 0 radical (unpaired) electrons. The van der Waals surface area contributed by atoms with E-state index in [-0.39, 0.29) is 5.91 Å². The zero-order valence-corrected chi connectivity index (χ0v) is 20.8. The zero-order chi connectivity index (χ0) is 24.4. The van der Waals surface area contributed by atoms with E-state index < -0.39 is 17.7 Å². The molecule has 2 aromatic rings. The summed E-state index contributed by atoms with van der Waals surface area (Å²) in [4.78, 5) is 15.5. The number of ether oxygens (including phenoxy) is 2. The van der Waals surface area contributed by atoms with E-state index in [4.69, 9.17) is 21.1 Å². The first-order chi connectivity index (χ1) is 16.3. The summed E-state index contributed by atoms with van der Waals surface area (Å²) in [6.45, 7) is 8.85. The van der Waals surface area contributed by atoms with Gasteiger partial charge in [0.2, 0.25) is 0 Å². The van der Waals surface area contributed by atoms with Gasteiger partial charge in [-0.25, -0.2) is 0 Å². The Labute approximate surface area is 207 Å². The molecule has 3 N–H and O–H groups in total. The minimum atomic E-state index is -1.13. The number of carbonyl (C=O) groups is 1. The van der Waals surface area contributed by atoms with Crippen molar-refractivity contribution in [2.75, 3.05) is 45.9 Å². The number of hydrogen-bond donors (Lipinski definition) is 3. The van der Waals surface area contributed by atoms with Crippen LogP contribution in [-0.2, 0) is 16.0 Å². The van der Waals surface area contributed by atoms with E-state index in [9.17, 15) is 9.90 Å². The standard InChI is InChI=1S/C26H36ClN3O4/c1-26(2,34-22-10-8-21(27)9-11-22)25(32)29-23(18-20-6-4-3-5-7-20)24(31)19-28-12-13-30-14-16-33-17-15-30/h3-11,23-24,28,31H,12-19H2,1-2H3,(H,29,32)/t23-,24+/m0/s1. The van der Waals surface area contributed by atoms with Crippen molar-refractivity contribution < 1.29 is 19.4 Å². The van der Waals surface area contributed by atoms with Gasteiger partial charge >= 0.3 is 0 Å². The number of nitrogens with one attached hydrogen (secondary N) is 2. The van der Waals surface area contributed by atoms with Crippen LogP contribution in [-0.4, -0.2) is 79.6 Å². The van der Waals surface area contributed by atoms with Gasteiger partial charge < -0.3 is 25.2 Å². The maximum atomic E-state index is 13.2. The minimum absolute atomic E-state index is 0.296.